The SMILES string of the molecule is Cc1cnn(CC(=O)N[C@@H]2C[C@H]3CN(Cc4ccccc4)C[C@@]3(c3nc(C)no3)C2)c1. The van der Waals surface area contributed by atoms with Gasteiger partial charge in [0.05, 0.1) is 11.6 Å². The van der Waals surface area contributed by atoms with E-state index in [1.54, 1.807) is 10.9 Å². The molecule has 1 aromatic carbocycles. The minimum atomic E-state index is -0.212. The molecule has 1 amide bonds. The normalized spacial score (nSPS) is 25.6. The van der Waals surface area contributed by atoms with Crippen molar-refractivity contribution < 1.29 is 9.32 Å². The number of hydrogen-bond donors (Lipinski definition) is 1. The Kier molecular flexibility index (Phi) is 5.09. The summed E-state index contributed by atoms with van der Waals surface area (Å²) < 4.78 is 7.37. The average Bonchev–Trinajstić information content (AvgIpc) is 3.47. The first-order valence-corrected chi connectivity index (χ1v) is 10.9. The summed E-state index contributed by atoms with van der Waals surface area (Å²) in [5.74, 6) is 1.73. The zero-order valence-electron chi connectivity index (χ0n) is 18.0. The molecule has 162 valence electrons. The lowest BCUT2D eigenvalue weighted by atomic mass is 9.80. The Morgan fingerprint density at radius 3 is 2.84 bits per heavy atom. The Morgan fingerprint density at radius 2 is 2.13 bits per heavy atom. The highest BCUT2D eigenvalue weighted by molar-refractivity contribution is 5.76. The van der Waals surface area contributed by atoms with Crippen LogP contribution >= 0.6 is 0 Å². The van der Waals surface area contributed by atoms with Crippen molar-refractivity contribution in [2.24, 2.45) is 5.92 Å². The first-order chi connectivity index (χ1) is 15.0. The molecule has 3 heterocycles. The molecule has 2 aliphatic rings. The van der Waals surface area contributed by atoms with Crippen LogP contribution in [0.5, 0.6) is 0 Å². The number of nitrogens with one attached hydrogen (secondary N) is 1. The number of benzene rings is 1. The van der Waals surface area contributed by atoms with Crippen LogP contribution in [-0.2, 0) is 23.3 Å². The summed E-state index contributed by atoms with van der Waals surface area (Å²) in [6.07, 6.45) is 5.37. The first-order valence-electron chi connectivity index (χ1n) is 10.9. The van der Waals surface area contributed by atoms with Gasteiger partial charge < -0.3 is 9.84 Å². The second kappa shape index (κ2) is 7.92. The number of rotatable bonds is 6. The number of likely N-dealkylation sites (tertiary alicyclic amines) is 1. The molecule has 31 heavy (non-hydrogen) atoms. The standard InChI is InChI=1S/C23H28N6O2/c1-16-10-24-29(11-16)14-21(30)26-20-8-19-13-28(12-18-6-4-3-5-7-18)15-23(19,9-20)22-25-17(2)27-31-22/h3-7,10-11,19-20H,8-9,12-15H2,1-2H3,(H,26,30)/t19-,20+,23-/m0/s1. The summed E-state index contributed by atoms with van der Waals surface area (Å²) in [7, 11) is 0. The Balaban J connectivity index is 1.30. The maximum atomic E-state index is 12.6. The molecule has 8 nitrogen and oxygen atoms in total. The van der Waals surface area contributed by atoms with Crippen LogP contribution in [0.25, 0.3) is 0 Å². The molecular weight excluding hydrogens is 392 g/mol. The number of nitrogens with zero attached hydrogens (tertiary/aromatic N) is 5. The number of aryl methyl sites for hydroxylation is 2. The van der Waals surface area contributed by atoms with Gasteiger partial charge in [-0.2, -0.15) is 10.1 Å². The first kappa shape index (κ1) is 19.9. The molecular formula is C23H28N6O2. The average molecular weight is 421 g/mol. The van der Waals surface area contributed by atoms with E-state index >= 15 is 0 Å². The number of aromatic nitrogens is 4. The van der Waals surface area contributed by atoms with Gasteiger partial charge in [-0.15, -0.1) is 0 Å². The molecule has 2 fully saturated rings. The van der Waals surface area contributed by atoms with E-state index in [1.165, 1.54) is 5.56 Å². The molecule has 0 unspecified atom stereocenters. The van der Waals surface area contributed by atoms with Crippen molar-refractivity contribution in [1.82, 2.24) is 30.1 Å². The second-order valence-corrected chi connectivity index (χ2v) is 9.07. The van der Waals surface area contributed by atoms with E-state index in [2.05, 4.69) is 49.7 Å². The fourth-order valence-corrected chi connectivity index (χ4v) is 5.35. The van der Waals surface area contributed by atoms with E-state index in [1.807, 2.05) is 26.1 Å². The predicted molar refractivity (Wildman–Crippen MR) is 114 cm³/mol. The molecule has 1 N–H and O–H groups in total. The van der Waals surface area contributed by atoms with Gasteiger partial charge in [-0.25, -0.2) is 0 Å². The van der Waals surface area contributed by atoms with Crippen LogP contribution in [0.2, 0.25) is 0 Å². The van der Waals surface area contributed by atoms with Gasteiger partial charge in [0.2, 0.25) is 11.8 Å². The third-order valence-corrected chi connectivity index (χ3v) is 6.58. The molecule has 0 spiro atoms. The summed E-state index contributed by atoms with van der Waals surface area (Å²) in [5, 5.41) is 11.5. The molecule has 0 bridgehead atoms. The number of carbonyl (C=O) groups is 1. The van der Waals surface area contributed by atoms with Crippen LogP contribution in [0, 0.1) is 19.8 Å². The van der Waals surface area contributed by atoms with E-state index in [9.17, 15) is 4.79 Å². The number of fused-ring (bicyclic) bond motifs is 1. The Morgan fingerprint density at radius 1 is 1.29 bits per heavy atom. The lowest BCUT2D eigenvalue weighted by Gasteiger charge is -2.25. The van der Waals surface area contributed by atoms with Crippen LogP contribution in [0.4, 0.5) is 0 Å². The Labute approximate surface area is 181 Å². The summed E-state index contributed by atoms with van der Waals surface area (Å²) in [4.78, 5) is 19.7. The molecule has 0 radical (unpaired) electrons. The highest BCUT2D eigenvalue weighted by atomic mass is 16.5. The summed E-state index contributed by atoms with van der Waals surface area (Å²) in [6, 6.07) is 10.6. The van der Waals surface area contributed by atoms with Gasteiger partial charge in [0.25, 0.3) is 0 Å². The lowest BCUT2D eigenvalue weighted by Crippen LogP contribution is -2.39. The largest absolute Gasteiger partial charge is 0.352 e. The van der Waals surface area contributed by atoms with Crippen molar-refractivity contribution >= 4 is 5.91 Å². The van der Waals surface area contributed by atoms with E-state index in [-0.39, 0.29) is 23.9 Å². The summed E-state index contributed by atoms with van der Waals surface area (Å²) >= 11 is 0. The second-order valence-electron chi connectivity index (χ2n) is 9.07. The van der Waals surface area contributed by atoms with Crippen LogP contribution in [-0.4, -0.2) is 49.9 Å². The van der Waals surface area contributed by atoms with Gasteiger partial charge in [0.15, 0.2) is 5.82 Å². The third-order valence-electron chi connectivity index (χ3n) is 6.58. The highest BCUT2D eigenvalue weighted by Crippen LogP contribution is 2.50. The van der Waals surface area contributed by atoms with Crippen LogP contribution in [0.3, 0.4) is 0 Å². The molecule has 5 rings (SSSR count). The molecule has 1 aliphatic heterocycles. The molecule has 3 atom stereocenters. The van der Waals surface area contributed by atoms with Crippen molar-refractivity contribution in [3.63, 3.8) is 0 Å². The third kappa shape index (κ3) is 3.99. The lowest BCUT2D eigenvalue weighted by molar-refractivity contribution is -0.122. The number of carbonyl (C=O) groups excluding carboxylic acids is 1. The zero-order valence-corrected chi connectivity index (χ0v) is 18.0. The molecule has 1 saturated carbocycles. The van der Waals surface area contributed by atoms with Crippen molar-refractivity contribution in [1.29, 1.82) is 0 Å². The smallest absolute Gasteiger partial charge is 0.241 e. The summed E-state index contributed by atoms with van der Waals surface area (Å²) in [5.41, 5.74) is 2.14. The summed E-state index contributed by atoms with van der Waals surface area (Å²) in [6.45, 7) is 6.79. The van der Waals surface area contributed by atoms with Crippen LogP contribution < -0.4 is 5.32 Å². The van der Waals surface area contributed by atoms with E-state index in [4.69, 9.17) is 4.52 Å². The van der Waals surface area contributed by atoms with E-state index in [0.29, 0.717) is 17.6 Å². The molecule has 1 aliphatic carbocycles. The molecule has 3 aromatic rings. The van der Waals surface area contributed by atoms with Gasteiger partial charge in [-0.3, -0.25) is 14.4 Å². The molecule has 2 aromatic heterocycles. The Hall–Kier alpha value is -3.00. The quantitative estimate of drug-likeness (QED) is 0.658. The number of hydrogen-bond acceptors (Lipinski definition) is 6. The van der Waals surface area contributed by atoms with Gasteiger partial charge in [0.1, 0.15) is 6.54 Å². The Bertz CT molecular complexity index is 1060. The maximum Gasteiger partial charge on any atom is 0.241 e. The molecule has 1 saturated heterocycles. The number of amides is 1. The molecule has 8 heteroatoms. The minimum absolute atomic E-state index is 0.00826. The maximum absolute atomic E-state index is 12.6. The fraction of sp³-hybridized carbons (Fsp3) is 0.478. The highest BCUT2D eigenvalue weighted by Gasteiger charge is 2.57. The predicted octanol–water partition coefficient (Wildman–Crippen LogP) is 2.23. The van der Waals surface area contributed by atoms with Gasteiger partial charge in [0, 0.05) is 31.9 Å². The monoisotopic (exact) mass is 420 g/mol. The van der Waals surface area contributed by atoms with E-state index in [0.717, 1.165) is 38.0 Å². The van der Waals surface area contributed by atoms with Crippen molar-refractivity contribution in [3.8, 4) is 0 Å². The van der Waals surface area contributed by atoms with Crippen LogP contribution in [0.1, 0.15) is 35.7 Å². The van der Waals surface area contributed by atoms with Crippen molar-refractivity contribution in [2.75, 3.05) is 13.1 Å². The van der Waals surface area contributed by atoms with Crippen molar-refractivity contribution in [3.05, 3.63) is 65.6 Å². The zero-order chi connectivity index (χ0) is 21.4. The topological polar surface area (TPSA) is 89.1 Å². The van der Waals surface area contributed by atoms with Gasteiger partial charge >= 0.3 is 0 Å². The van der Waals surface area contributed by atoms with Gasteiger partial charge in [-0.05, 0) is 43.7 Å². The minimum Gasteiger partial charge on any atom is -0.352 e. The fourth-order valence-electron chi connectivity index (χ4n) is 5.35. The van der Waals surface area contributed by atoms with Crippen LogP contribution in [0.15, 0.2) is 47.2 Å². The van der Waals surface area contributed by atoms with E-state index < -0.39 is 0 Å². The van der Waals surface area contributed by atoms with Crippen molar-refractivity contribution in [2.45, 2.75) is 51.2 Å². The van der Waals surface area contributed by atoms with Gasteiger partial charge in [-0.1, -0.05) is 35.5 Å².